The predicted octanol–water partition coefficient (Wildman–Crippen LogP) is 3.04. The summed E-state index contributed by atoms with van der Waals surface area (Å²) in [7, 11) is 0. The van der Waals surface area contributed by atoms with Crippen LogP contribution >= 0.6 is 12.4 Å². The van der Waals surface area contributed by atoms with Crippen molar-refractivity contribution in [1.29, 1.82) is 0 Å². The molecular formula is C13H16ClF3N2O2. The summed E-state index contributed by atoms with van der Waals surface area (Å²) in [4.78, 5) is 13.8. The first-order valence-electron chi connectivity index (χ1n) is 6.30. The van der Waals surface area contributed by atoms with Gasteiger partial charge >= 0.3 is 6.36 Å². The van der Waals surface area contributed by atoms with Crippen LogP contribution in [0.15, 0.2) is 24.3 Å². The molecule has 0 atom stereocenters. The minimum absolute atomic E-state index is 0. The Bertz CT molecular complexity index is 477. The van der Waals surface area contributed by atoms with Crippen LogP contribution in [0.5, 0.6) is 5.75 Å². The van der Waals surface area contributed by atoms with E-state index in [4.69, 9.17) is 0 Å². The summed E-state index contributed by atoms with van der Waals surface area (Å²) in [5.74, 6) is -0.590. The highest BCUT2D eigenvalue weighted by Gasteiger charge is 2.31. The lowest BCUT2D eigenvalue weighted by molar-refractivity contribution is -0.274. The predicted molar refractivity (Wildman–Crippen MR) is 74.7 cm³/mol. The highest BCUT2D eigenvalue weighted by Crippen LogP contribution is 2.25. The maximum atomic E-state index is 12.1. The van der Waals surface area contributed by atoms with Crippen LogP contribution in [0.1, 0.15) is 12.8 Å². The van der Waals surface area contributed by atoms with Gasteiger partial charge < -0.3 is 10.1 Å². The van der Waals surface area contributed by atoms with Crippen LogP contribution in [0.25, 0.3) is 0 Å². The van der Waals surface area contributed by atoms with E-state index in [9.17, 15) is 18.0 Å². The summed E-state index contributed by atoms with van der Waals surface area (Å²) >= 11 is 0. The van der Waals surface area contributed by atoms with Gasteiger partial charge in [0.2, 0.25) is 5.91 Å². The number of alkyl halides is 3. The van der Waals surface area contributed by atoms with Crippen LogP contribution in [0.2, 0.25) is 0 Å². The molecular weight excluding hydrogens is 309 g/mol. The van der Waals surface area contributed by atoms with Gasteiger partial charge in [-0.3, -0.25) is 9.69 Å². The van der Waals surface area contributed by atoms with Crippen molar-refractivity contribution in [3.63, 3.8) is 0 Å². The third kappa shape index (κ3) is 6.22. The smallest absolute Gasteiger partial charge is 0.406 e. The second kappa shape index (κ2) is 7.51. The van der Waals surface area contributed by atoms with Crippen LogP contribution in [0.4, 0.5) is 18.9 Å². The number of hydrogen-bond acceptors (Lipinski definition) is 3. The van der Waals surface area contributed by atoms with Gasteiger partial charge in [-0.1, -0.05) is 6.07 Å². The molecule has 4 nitrogen and oxygen atoms in total. The Hall–Kier alpha value is -1.47. The van der Waals surface area contributed by atoms with E-state index < -0.39 is 6.36 Å². The minimum Gasteiger partial charge on any atom is -0.406 e. The molecule has 1 aliphatic heterocycles. The van der Waals surface area contributed by atoms with E-state index in [1.165, 1.54) is 18.2 Å². The Kier molecular flexibility index (Phi) is 6.29. The summed E-state index contributed by atoms with van der Waals surface area (Å²) < 4.78 is 40.1. The number of ether oxygens (including phenoxy) is 1. The van der Waals surface area contributed by atoms with E-state index in [2.05, 4.69) is 10.1 Å². The van der Waals surface area contributed by atoms with Crippen LogP contribution in [0, 0.1) is 0 Å². The first-order valence-corrected chi connectivity index (χ1v) is 6.30. The molecule has 1 N–H and O–H groups in total. The molecule has 0 spiro atoms. The summed E-state index contributed by atoms with van der Waals surface area (Å²) in [5.41, 5.74) is 0.288. The number of nitrogens with one attached hydrogen (secondary N) is 1. The second-order valence-corrected chi connectivity index (χ2v) is 4.61. The van der Waals surface area contributed by atoms with Crippen molar-refractivity contribution in [1.82, 2.24) is 4.90 Å². The molecule has 21 heavy (non-hydrogen) atoms. The fraction of sp³-hybridized carbons (Fsp3) is 0.462. The average molecular weight is 325 g/mol. The Morgan fingerprint density at radius 1 is 1.29 bits per heavy atom. The Morgan fingerprint density at radius 3 is 2.57 bits per heavy atom. The van der Waals surface area contributed by atoms with Gasteiger partial charge in [0.15, 0.2) is 0 Å². The maximum absolute atomic E-state index is 12.1. The highest BCUT2D eigenvalue weighted by atomic mass is 35.5. The van der Waals surface area contributed by atoms with Crippen molar-refractivity contribution in [2.24, 2.45) is 0 Å². The van der Waals surface area contributed by atoms with Gasteiger partial charge in [0.05, 0.1) is 6.54 Å². The molecule has 118 valence electrons. The van der Waals surface area contributed by atoms with Crippen LogP contribution < -0.4 is 10.1 Å². The SMILES string of the molecule is Cl.O=C(CN1CCCC1)Nc1cccc(OC(F)(F)F)c1. The standard InChI is InChI=1S/C13H15F3N2O2.ClH/c14-13(15,16)20-11-5-3-4-10(8-11)17-12(19)9-18-6-1-2-7-18;/h3-5,8H,1-2,6-7,9H2,(H,17,19);1H. The number of hydrogen-bond donors (Lipinski definition) is 1. The van der Waals surface area contributed by atoms with Crippen LogP contribution in [-0.2, 0) is 4.79 Å². The van der Waals surface area contributed by atoms with Crippen LogP contribution in [0.3, 0.4) is 0 Å². The number of carbonyl (C=O) groups excluding carboxylic acids is 1. The van der Waals surface area contributed by atoms with E-state index in [-0.39, 0.29) is 36.3 Å². The summed E-state index contributed by atoms with van der Waals surface area (Å²) in [6, 6.07) is 5.25. The normalized spacial score (nSPS) is 15.4. The molecule has 1 aromatic carbocycles. The molecule has 1 amide bonds. The number of nitrogens with zero attached hydrogens (tertiary/aromatic N) is 1. The molecule has 1 heterocycles. The fourth-order valence-electron chi connectivity index (χ4n) is 2.12. The molecule has 1 saturated heterocycles. The second-order valence-electron chi connectivity index (χ2n) is 4.61. The van der Waals surface area contributed by atoms with Gasteiger partial charge in [0, 0.05) is 11.8 Å². The Balaban J connectivity index is 0.00000220. The van der Waals surface area contributed by atoms with E-state index in [1.54, 1.807) is 0 Å². The number of likely N-dealkylation sites (tertiary alicyclic amines) is 1. The lowest BCUT2D eigenvalue weighted by Gasteiger charge is -2.14. The van der Waals surface area contributed by atoms with Crippen LogP contribution in [-0.4, -0.2) is 36.8 Å². The molecule has 1 fully saturated rings. The number of anilines is 1. The Morgan fingerprint density at radius 2 is 1.95 bits per heavy atom. The number of carbonyl (C=O) groups is 1. The van der Waals surface area contributed by atoms with E-state index >= 15 is 0 Å². The van der Waals surface area contributed by atoms with Crippen molar-refractivity contribution < 1.29 is 22.7 Å². The van der Waals surface area contributed by atoms with Gasteiger partial charge in [-0.05, 0) is 38.1 Å². The number of benzene rings is 1. The lowest BCUT2D eigenvalue weighted by atomic mass is 10.3. The summed E-state index contributed by atoms with van der Waals surface area (Å²) in [6.07, 6.45) is -2.59. The van der Waals surface area contributed by atoms with Crippen molar-refractivity contribution in [2.75, 3.05) is 25.0 Å². The monoisotopic (exact) mass is 324 g/mol. The van der Waals surface area contributed by atoms with E-state index in [0.29, 0.717) is 0 Å². The summed E-state index contributed by atoms with van der Waals surface area (Å²) in [5, 5.41) is 2.57. The first-order chi connectivity index (χ1) is 9.42. The topological polar surface area (TPSA) is 41.6 Å². The van der Waals surface area contributed by atoms with Gasteiger partial charge in [0.1, 0.15) is 5.75 Å². The van der Waals surface area contributed by atoms with Gasteiger partial charge in [-0.2, -0.15) is 0 Å². The third-order valence-electron chi connectivity index (χ3n) is 2.92. The van der Waals surface area contributed by atoms with Gasteiger partial charge in [0.25, 0.3) is 0 Å². The molecule has 0 radical (unpaired) electrons. The van der Waals surface area contributed by atoms with Crippen molar-refractivity contribution >= 4 is 24.0 Å². The molecule has 1 aliphatic rings. The van der Waals surface area contributed by atoms with E-state index in [0.717, 1.165) is 32.0 Å². The summed E-state index contributed by atoms with van der Waals surface area (Å²) in [6.45, 7) is 2.01. The average Bonchev–Trinajstić information content (AvgIpc) is 2.79. The van der Waals surface area contributed by atoms with Gasteiger partial charge in [-0.15, -0.1) is 25.6 Å². The molecule has 0 aliphatic carbocycles. The largest absolute Gasteiger partial charge is 0.573 e. The van der Waals surface area contributed by atoms with E-state index in [1.807, 2.05) is 4.90 Å². The molecule has 0 bridgehead atoms. The number of amides is 1. The molecule has 8 heteroatoms. The fourth-order valence-corrected chi connectivity index (χ4v) is 2.12. The molecule has 0 aromatic heterocycles. The lowest BCUT2D eigenvalue weighted by Crippen LogP contribution is -2.30. The highest BCUT2D eigenvalue weighted by molar-refractivity contribution is 5.92. The molecule has 0 saturated carbocycles. The molecule has 0 unspecified atom stereocenters. The first kappa shape index (κ1) is 17.6. The molecule has 2 rings (SSSR count). The zero-order chi connectivity index (χ0) is 14.6. The third-order valence-corrected chi connectivity index (χ3v) is 2.92. The number of halogens is 4. The zero-order valence-corrected chi connectivity index (χ0v) is 12.0. The van der Waals surface area contributed by atoms with Crippen molar-refractivity contribution in [2.45, 2.75) is 19.2 Å². The minimum atomic E-state index is -4.74. The van der Waals surface area contributed by atoms with Crippen molar-refractivity contribution in [3.8, 4) is 5.75 Å². The zero-order valence-electron chi connectivity index (χ0n) is 11.2. The van der Waals surface area contributed by atoms with Crippen molar-refractivity contribution in [3.05, 3.63) is 24.3 Å². The maximum Gasteiger partial charge on any atom is 0.573 e. The van der Waals surface area contributed by atoms with Gasteiger partial charge in [-0.25, -0.2) is 0 Å². The molecule has 1 aromatic rings. The quantitative estimate of drug-likeness (QED) is 0.925. The Labute approximate surface area is 126 Å². The number of rotatable bonds is 4.